The molecule has 0 saturated carbocycles. The Morgan fingerprint density at radius 1 is 0.365 bits per heavy atom. The number of benzene rings is 7. The molecule has 0 fully saturated rings. The molecule has 0 amide bonds. The molecule has 7 heteroatoms. The zero-order valence-electron chi connectivity index (χ0n) is 37.9. The standard InChI is InChI=1S/C56H58Br2O4Si/c1-36(2)63(37(3)4,38(5)6)62-35-40-12-16-42(17-13-40)52-54(44-20-28-48(58)29-21-44)53(43-18-26-47(57)27-19-43)51(41-14-10-39(11-15-41)34-59-7)55(45-22-30-49(60-8)31-23-45)56(52)46-24-32-50(61-9)33-25-46/h10-33,36-38H,34-35H2,1-9H3. The number of methoxy groups -OCH3 is 3. The fraction of sp³-hybridized carbons (Fsp3) is 0.250. The molecule has 0 aliphatic heterocycles. The highest BCUT2D eigenvalue weighted by molar-refractivity contribution is 9.10. The second-order valence-electron chi connectivity index (χ2n) is 17.2. The molecule has 7 rings (SSSR count). The van der Waals surface area contributed by atoms with Gasteiger partial charge in [0.1, 0.15) is 11.5 Å². The topological polar surface area (TPSA) is 36.9 Å². The summed E-state index contributed by atoms with van der Waals surface area (Å²) in [6.45, 7) is 15.2. The lowest BCUT2D eigenvalue weighted by molar-refractivity contribution is 0.185. The number of halogens is 2. The van der Waals surface area contributed by atoms with Gasteiger partial charge in [0, 0.05) is 16.1 Å². The molecule has 7 aromatic rings. The van der Waals surface area contributed by atoms with Crippen molar-refractivity contribution in [1.82, 2.24) is 0 Å². The summed E-state index contributed by atoms with van der Waals surface area (Å²) in [5.74, 6) is 1.60. The van der Waals surface area contributed by atoms with E-state index in [9.17, 15) is 0 Å². The van der Waals surface area contributed by atoms with Crippen molar-refractivity contribution in [3.63, 3.8) is 0 Å². The van der Waals surface area contributed by atoms with E-state index < -0.39 is 8.32 Å². The molecule has 4 nitrogen and oxygen atoms in total. The first-order valence-corrected chi connectivity index (χ1v) is 25.5. The Labute approximate surface area is 393 Å². The molecule has 7 aromatic carbocycles. The van der Waals surface area contributed by atoms with Crippen LogP contribution in [0.4, 0.5) is 0 Å². The third-order valence-electron chi connectivity index (χ3n) is 12.5. The van der Waals surface area contributed by atoms with Gasteiger partial charge >= 0.3 is 0 Å². The minimum absolute atomic E-state index is 0.500. The van der Waals surface area contributed by atoms with E-state index in [-0.39, 0.29) is 0 Å². The Morgan fingerprint density at radius 2 is 0.619 bits per heavy atom. The highest BCUT2D eigenvalue weighted by Crippen LogP contribution is 2.56. The zero-order valence-corrected chi connectivity index (χ0v) is 42.1. The van der Waals surface area contributed by atoms with Crippen LogP contribution in [0.25, 0.3) is 66.8 Å². The van der Waals surface area contributed by atoms with Gasteiger partial charge in [-0.25, -0.2) is 0 Å². The number of hydrogen-bond acceptors (Lipinski definition) is 4. The Morgan fingerprint density at radius 3 is 0.873 bits per heavy atom. The lowest BCUT2D eigenvalue weighted by Gasteiger charge is -2.42. The van der Waals surface area contributed by atoms with Gasteiger partial charge in [-0.3, -0.25) is 0 Å². The van der Waals surface area contributed by atoms with Crippen LogP contribution in [0.3, 0.4) is 0 Å². The molecule has 0 atom stereocenters. The molecule has 0 bridgehead atoms. The third-order valence-corrected chi connectivity index (χ3v) is 19.6. The lowest BCUT2D eigenvalue weighted by atomic mass is 9.74. The zero-order chi connectivity index (χ0) is 44.8. The van der Waals surface area contributed by atoms with Crippen molar-refractivity contribution in [2.75, 3.05) is 21.3 Å². The van der Waals surface area contributed by atoms with Gasteiger partial charge in [0.2, 0.25) is 8.32 Å². The maximum atomic E-state index is 7.14. The first-order chi connectivity index (χ1) is 30.4. The maximum Gasteiger partial charge on any atom is 0.200 e. The van der Waals surface area contributed by atoms with E-state index in [1.54, 1.807) is 21.3 Å². The van der Waals surface area contributed by atoms with Gasteiger partial charge in [0.25, 0.3) is 0 Å². The highest BCUT2D eigenvalue weighted by atomic mass is 79.9. The summed E-state index contributed by atoms with van der Waals surface area (Å²) < 4.78 is 26.2. The molecule has 324 valence electrons. The van der Waals surface area contributed by atoms with Gasteiger partial charge < -0.3 is 18.6 Å². The Bertz CT molecular complexity index is 2580. The van der Waals surface area contributed by atoms with Gasteiger partial charge in [-0.05, 0) is 143 Å². The summed E-state index contributed by atoms with van der Waals surface area (Å²) in [6.07, 6.45) is 0. The highest BCUT2D eigenvalue weighted by Gasteiger charge is 2.45. The van der Waals surface area contributed by atoms with Crippen molar-refractivity contribution in [2.45, 2.75) is 71.4 Å². The van der Waals surface area contributed by atoms with E-state index in [0.29, 0.717) is 29.8 Å². The van der Waals surface area contributed by atoms with Crippen LogP contribution >= 0.6 is 31.9 Å². The Hall–Kier alpha value is -4.76. The van der Waals surface area contributed by atoms with Crippen LogP contribution in [0.1, 0.15) is 52.7 Å². The van der Waals surface area contributed by atoms with E-state index >= 15 is 0 Å². The summed E-state index contributed by atoms with van der Waals surface area (Å²) in [4.78, 5) is 0. The SMILES string of the molecule is COCc1ccc(-c2c(-c3ccc(Br)cc3)c(-c3ccc(Br)cc3)c(-c3ccc(CO[Si](C(C)C)(C(C)C)C(C)C)cc3)c(-c3ccc(OC)cc3)c2-c2ccc(OC)cc2)cc1. The second kappa shape index (κ2) is 20.4. The van der Waals surface area contributed by atoms with Crippen LogP contribution < -0.4 is 9.47 Å². The van der Waals surface area contributed by atoms with Crippen LogP contribution in [0, 0.1) is 0 Å². The van der Waals surface area contributed by atoms with Crippen molar-refractivity contribution in [1.29, 1.82) is 0 Å². The van der Waals surface area contributed by atoms with Crippen molar-refractivity contribution < 1.29 is 18.6 Å². The smallest absolute Gasteiger partial charge is 0.200 e. The van der Waals surface area contributed by atoms with Crippen molar-refractivity contribution in [3.8, 4) is 78.3 Å². The van der Waals surface area contributed by atoms with E-state index in [0.717, 1.165) is 92.8 Å². The summed E-state index contributed by atoms with van der Waals surface area (Å²) in [7, 11) is 3.08. The maximum absolute atomic E-state index is 7.14. The fourth-order valence-electron chi connectivity index (χ4n) is 9.64. The molecule has 0 aliphatic rings. The molecule has 0 saturated heterocycles. The molecule has 0 heterocycles. The minimum Gasteiger partial charge on any atom is -0.497 e. The van der Waals surface area contributed by atoms with Crippen molar-refractivity contribution in [2.24, 2.45) is 0 Å². The summed E-state index contributed by atoms with van der Waals surface area (Å²) in [6, 6.07) is 52.5. The molecular formula is C56H58Br2O4Si. The van der Waals surface area contributed by atoms with Crippen LogP contribution in [-0.2, 0) is 22.4 Å². The van der Waals surface area contributed by atoms with E-state index in [1.807, 2.05) is 0 Å². The quantitative estimate of drug-likeness (QED) is 0.0904. The second-order valence-corrected chi connectivity index (χ2v) is 24.4. The van der Waals surface area contributed by atoms with E-state index in [2.05, 4.69) is 219 Å². The Kier molecular flexibility index (Phi) is 15.0. The lowest BCUT2D eigenvalue weighted by Crippen LogP contribution is -2.47. The molecule has 0 unspecified atom stereocenters. The first kappa shape index (κ1) is 46.2. The van der Waals surface area contributed by atoms with Gasteiger partial charge in [0.05, 0.1) is 27.4 Å². The van der Waals surface area contributed by atoms with Gasteiger partial charge in [-0.15, -0.1) is 0 Å². The minimum atomic E-state index is -2.09. The van der Waals surface area contributed by atoms with Crippen LogP contribution in [0.5, 0.6) is 11.5 Å². The molecular weight excluding hydrogens is 925 g/mol. The Balaban J connectivity index is 1.64. The number of hydrogen-bond donors (Lipinski definition) is 0. The third kappa shape index (κ3) is 9.69. The molecule has 0 spiro atoms. The predicted octanol–water partition coefficient (Wildman–Crippen LogP) is 17.1. The summed E-state index contributed by atoms with van der Waals surface area (Å²) in [5, 5.41) is 0. The van der Waals surface area contributed by atoms with Crippen LogP contribution in [0.15, 0.2) is 155 Å². The van der Waals surface area contributed by atoms with E-state index in [4.69, 9.17) is 18.6 Å². The van der Waals surface area contributed by atoms with Crippen LogP contribution in [-0.4, -0.2) is 29.6 Å². The summed E-state index contributed by atoms with van der Waals surface area (Å²) in [5.41, 5.74) is 17.1. The average molecular weight is 983 g/mol. The van der Waals surface area contributed by atoms with Crippen molar-refractivity contribution in [3.05, 3.63) is 166 Å². The molecule has 0 aromatic heterocycles. The molecule has 0 radical (unpaired) electrons. The normalized spacial score (nSPS) is 11.8. The van der Waals surface area contributed by atoms with Gasteiger partial charge in [-0.2, -0.15) is 0 Å². The molecule has 0 N–H and O–H groups in total. The molecule has 63 heavy (non-hydrogen) atoms. The first-order valence-electron chi connectivity index (χ1n) is 21.8. The van der Waals surface area contributed by atoms with Crippen molar-refractivity contribution >= 4 is 40.2 Å². The van der Waals surface area contributed by atoms with E-state index in [1.165, 1.54) is 5.56 Å². The number of rotatable bonds is 16. The average Bonchev–Trinajstić information content (AvgIpc) is 3.29. The largest absolute Gasteiger partial charge is 0.497 e. The van der Waals surface area contributed by atoms with Crippen LogP contribution in [0.2, 0.25) is 16.6 Å². The number of ether oxygens (including phenoxy) is 3. The fourth-order valence-corrected chi connectivity index (χ4v) is 15.6. The van der Waals surface area contributed by atoms with Gasteiger partial charge in [-0.1, -0.05) is 170 Å². The predicted molar refractivity (Wildman–Crippen MR) is 274 cm³/mol. The molecule has 0 aliphatic carbocycles. The van der Waals surface area contributed by atoms with Gasteiger partial charge in [0.15, 0.2) is 0 Å². The summed E-state index contributed by atoms with van der Waals surface area (Å²) >= 11 is 7.51. The monoisotopic (exact) mass is 980 g/mol.